The van der Waals surface area contributed by atoms with Gasteiger partial charge in [-0.15, -0.1) is 0 Å². The van der Waals surface area contributed by atoms with Crippen LogP contribution in [0.1, 0.15) is 53.2 Å². The van der Waals surface area contributed by atoms with Crippen molar-refractivity contribution in [1.29, 1.82) is 5.26 Å². The highest BCUT2D eigenvalue weighted by Gasteiger charge is 2.17. The van der Waals surface area contributed by atoms with Crippen molar-refractivity contribution in [3.8, 4) is 6.07 Å². The first-order valence-corrected chi connectivity index (χ1v) is 10.4. The molecule has 0 atom stereocenters. The maximum absolute atomic E-state index is 12.1. The zero-order chi connectivity index (χ0) is 21.1. The molecule has 149 valence electrons. The third kappa shape index (κ3) is 3.67. The second kappa shape index (κ2) is 8.42. The fourth-order valence-corrected chi connectivity index (χ4v) is 4.12. The van der Waals surface area contributed by atoms with Gasteiger partial charge < -0.3 is 10.3 Å². The number of hydrogen-bond donors (Lipinski definition) is 1. The van der Waals surface area contributed by atoms with Crippen molar-refractivity contribution in [2.75, 3.05) is 0 Å². The van der Waals surface area contributed by atoms with Crippen molar-refractivity contribution in [1.82, 2.24) is 4.57 Å². The van der Waals surface area contributed by atoms with Gasteiger partial charge in [-0.3, -0.25) is 4.79 Å². The summed E-state index contributed by atoms with van der Waals surface area (Å²) in [5.41, 5.74) is 11.1. The average molecular weight is 394 g/mol. The molecule has 4 rings (SSSR count). The second-order valence-electron chi connectivity index (χ2n) is 7.69. The van der Waals surface area contributed by atoms with Gasteiger partial charge in [0.1, 0.15) is 0 Å². The quantitative estimate of drug-likeness (QED) is 0.429. The molecule has 1 heterocycles. The van der Waals surface area contributed by atoms with E-state index in [2.05, 4.69) is 29.7 Å². The Kier molecular flexibility index (Phi) is 5.54. The highest BCUT2D eigenvalue weighted by molar-refractivity contribution is 6.17. The molecule has 0 aliphatic rings. The van der Waals surface area contributed by atoms with E-state index in [1.807, 2.05) is 36.4 Å². The van der Waals surface area contributed by atoms with Gasteiger partial charge in [-0.1, -0.05) is 44.0 Å². The Morgan fingerprint density at radius 1 is 1.10 bits per heavy atom. The second-order valence-corrected chi connectivity index (χ2v) is 7.69. The Bertz CT molecular complexity index is 1280. The van der Waals surface area contributed by atoms with Crippen LogP contribution < -0.4 is 5.73 Å². The Morgan fingerprint density at radius 2 is 1.93 bits per heavy atom. The van der Waals surface area contributed by atoms with E-state index in [9.17, 15) is 10.1 Å². The number of amides is 1. The lowest BCUT2D eigenvalue weighted by atomic mass is 10.0. The Hall–Kier alpha value is -3.58. The van der Waals surface area contributed by atoms with Crippen molar-refractivity contribution in [2.24, 2.45) is 5.73 Å². The molecule has 4 nitrogen and oxygen atoms in total. The summed E-state index contributed by atoms with van der Waals surface area (Å²) in [5.74, 6) is -0.438. The minimum Gasteiger partial charge on any atom is -0.366 e. The molecule has 0 unspecified atom stereocenters. The first-order valence-electron chi connectivity index (χ1n) is 10.4. The number of carbonyl (C=O) groups excluding carboxylic acids is 1. The molecule has 0 saturated carbocycles. The molecule has 4 aromatic rings. The maximum atomic E-state index is 12.1. The number of carbonyl (C=O) groups is 1. The zero-order valence-corrected chi connectivity index (χ0v) is 17.1. The summed E-state index contributed by atoms with van der Waals surface area (Å²) in [5, 5.41) is 11.0. The number of rotatable bonds is 7. The first-order chi connectivity index (χ1) is 14.6. The third-order valence-electron chi connectivity index (χ3n) is 5.59. The van der Waals surface area contributed by atoms with Crippen molar-refractivity contribution in [2.45, 2.75) is 39.2 Å². The van der Waals surface area contributed by atoms with E-state index in [1.54, 1.807) is 12.1 Å². The monoisotopic (exact) mass is 394 g/mol. The van der Waals surface area contributed by atoms with Gasteiger partial charge in [-0.2, -0.15) is 5.26 Å². The summed E-state index contributed by atoms with van der Waals surface area (Å²) in [4.78, 5) is 12.1. The van der Waals surface area contributed by atoms with Gasteiger partial charge in [-0.05, 0) is 60.4 Å². The molecule has 0 spiro atoms. The predicted octanol–water partition coefficient (Wildman–Crippen LogP) is 5.35. The molecule has 0 fully saturated rings. The fraction of sp³-hybridized carbons (Fsp3) is 0.231. The van der Waals surface area contributed by atoms with Crippen LogP contribution in [0.25, 0.3) is 21.8 Å². The number of aryl methyl sites for hydroxylation is 1. The average Bonchev–Trinajstić information content (AvgIpc) is 3.07. The SMILES string of the molecule is CCCCCc1c[c]c2c3c(C(N)=O)cccc3n(Cc3cccc(C#N)c3)c2c1. The van der Waals surface area contributed by atoms with E-state index in [0.29, 0.717) is 17.7 Å². The Balaban J connectivity index is 1.92. The number of benzene rings is 3. The van der Waals surface area contributed by atoms with Gasteiger partial charge in [0.05, 0.1) is 22.7 Å². The van der Waals surface area contributed by atoms with E-state index in [-0.39, 0.29) is 0 Å². The highest BCUT2D eigenvalue weighted by Crippen LogP contribution is 2.33. The molecule has 0 aliphatic heterocycles. The van der Waals surface area contributed by atoms with Crippen LogP contribution in [0, 0.1) is 17.4 Å². The van der Waals surface area contributed by atoms with Crippen LogP contribution in [0.2, 0.25) is 0 Å². The highest BCUT2D eigenvalue weighted by atomic mass is 16.1. The van der Waals surface area contributed by atoms with Gasteiger partial charge in [0.15, 0.2) is 0 Å². The van der Waals surface area contributed by atoms with Crippen LogP contribution in [0.3, 0.4) is 0 Å². The summed E-state index contributed by atoms with van der Waals surface area (Å²) in [6.07, 6.45) is 4.54. The minimum atomic E-state index is -0.438. The fourth-order valence-electron chi connectivity index (χ4n) is 4.12. The summed E-state index contributed by atoms with van der Waals surface area (Å²) in [6, 6.07) is 23.2. The molecular weight excluding hydrogens is 370 g/mol. The van der Waals surface area contributed by atoms with Gasteiger partial charge in [-0.25, -0.2) is 0 Å². The summed E-state index contributed by atoms with van der Waals surface area (Å²) >= 11 is 0. The number of primary amides is 1. The number of nitrogens with zero attached hydrogens (tertiary/aromatic N) is 2. The number of unbranched alkanes of at least 4 members (excludes halogenated alkanes) is 2. The van der Waals surface area contributed by atoms with E-state index in [0.717, 1.165) is 40.2 Å². The van der Waals surface area contributed by atoms with Crippen molar-refractivity contribution >= 4 is 27.7 Å². The van der Waals surface area contributed by atoms with Crippen LogP contribution in [0.15, 0.2) is 54.6 Å². The van der Waals surface area contributed by atoms with Gasteiger partial charge in [0.2, 0.25) is 5.91 Å². The Labute approximate surface area is 176 Å². The molecule has 2 N–H and O–H groups in total. The summed E-state index contributed by atoms with van der Waals surface area (Å²) in [6.45, 7) is 2.80. The van der Waals surface area contributed by atoms with Crippen molar-refractivity contribution in [3.63, 3.8) is 0 Å². The standard InChI is InChI=1S/C26H24N3O/c1-2-3-4-7-18-12-13-21-24(15-18)29(17-20-9-5-8-19(14-20)16-27)23-11-6-10-22(25(21)23)26(28)30/h5-6,8-12,14-15H,2-4,7,17H2,1H3,(H2,28,30). The number of fused-ring (bicyclic) bond motifs is 3. The Morgan fingerprint density at radius 3 is 2.70 bits per heavy atom. The van der Waals surface area contributed by atoms with Gasteiger partial charge in [0.25, 0.3) is 0 Å². The summed E-state index contributed by atoms with van der Waals surface area (Å²) in [7, 11) is 0. The van der Waals surface area contributed by atoms with E-state index in [4.69, 9.17) is 5.73 Å². The van der Waals surface area contributed by atoms with Crippen molar-refractivity contribution in [3.05, 3.63) is 82.9 Å². The topological polar surface area (TPSA) is 71.8 Å². The summed E-state index contributed by atoms with van der Waals surface area (Å²) < 4.78 is 2.20. The predicted molar refractivity (Wildman–Crippen MR) is 120 cm³/mol. The van der Waals surface area contributed by atoms with E-state index >= 15 is 0 Å². The largest absolute Gasteiger partial charge is 0.366 e. The number of aromatic nitrogens is 1. The molecule has 0 bridgehead atoms. The molecule has 1 radical (unpaired) electrons. The maximum Gasteiger partial charge on any atom is 0.249 e. The van der Waals surface area contributed by atoms with Crippen LogP contribution in [-0.4, -0.2) is 10.5 Å². The minimum absolute atomic E-state index is 0.438. The van der Waals surface area contributed by atoms with E-state index < -0.39 is 5.91 Å². The van der Waals surface area contributed by atoms with Crippen LogP contribution >= 0.6 is 0 Å². The molecule has 30 heavy (non-hydrogen) atoms. The van der Waals surface area contributed by atoms with Gasteiger partial charge >= 0.3 is 0 Å². The van der Waals surface area contributed by atoms with Crippen molar-refractivity contribution < 1.29 is 4.79 Å². The number of nitriles is 1. The third-order valence-corrected chi connectivity index (χ3v) is 5.59. The molecule has 3 aromatic carbocycles. The number of nitrogens with two attached hydrogens (primary N) is 1. The first kappa shape index (κ1) is 19.7. The number of hydrogen-bond acceptors (Lipinski definition) is 2. The molecule has 1 aromatic heterocycles. The lowest BCUT2D eigenvalue weighted by Crippen LogP contribution is -2.11. The zero-order valence-electron chi connectivity index (χ0n) is 17.1. The molecular formula is C26H24N3O. The lowest BCUT2D eigenvalue weighted by molar-refractivity contribution is 0.100. The lowest BCUT2D eigenvalue weighted by Gasteiger charge is -2.09. The molecule has 4 heteroatoms. The van der Waals surface area contributed by atoms with Gasteiger partial charge in [0, 0.05) is 22.9 Å². The molecule has 0 aliphatic carbocycles. The normalized spacial score (nSPS) is 11.1. The molecule has 0 saturated heterocycles. The van der Waals surface area contributed by atoms with Crippen LogP contribution in [-0.2, 0) is 13.0 Å². The molecule has 1 amide bonds. The van der Waals surface area contributed by atoms with Crippen LogP contribution in [0.4, 0.5) is 0 Å². The van der Waals surface area contributed by atoms with E-state index in [1.165, 1.54) is 18.4 Å². The van der Waals surface area contributed by atoms with Crippen LogP contribution in [0.5, 0.6) is 0 Å². The smallest absolute Gasteiger partial charge is 0.249 e.